The summed E-state index contributed by atoms with van der Waals surface area (Å²) in [6.07, 6.45) is 2.30. The van der Waals surface area contributed by atoms with Crippen LogP contribution in [0.3, 0.4) is 0 Å². The van der Waals surface area contributed by atoms with Gasteiger partial charge in [0.2, 0.25) is 5.89 Å². The Morgan fingerprint density at radius 2 is 2.37 bits per heavy atom. The van der Waals surface area contributed by atoms with Crippen molar-refractivity contribution in [2.45, 2.75) is 33.2 Å². The number of oxazole rings is 1. The first-order valence-corrected chi connectivity index (χ1v) is 6.08. The normalized spacial score (nSPS) is 12.4. The van der Waals surface area contributed by atoms with Crippen molar-refractivity contribution < 1.29 is 9.21 Å². The van der Waals surface area contributed by atoms with Gasteiger partial charge in [-0.3, -0.25) is 9.89 Å². The summed E-state index contributed by atoms with van der Waals surface area (Å²) in [5, 5.41) is 9.42. The quantitative estimate of drug-likeness (QED) is 0.771. The van der Waals surface area contributed by atoms with Crippen molar-refractivity contribution >= 4 is 11.6 Å². The van der Waals surface area contributed by atoms with Gasteiger partial charge in [-0.1, -0.05) is 6.92 Å². The van der Waals surface area contributed by atoms with Gasteiger partial charge in [0.1, 0.15) is 11.8 Å². The van der Waals surface area contributed by atoms with Gasteiger partial charge >= 0.3 is 0 Å². The number of aryl methyl sites for hydroxylation is 2. The van der Waals surface area contributed by atoms with Crippen LogP contribution in [0, 0.1) is 6.92 Å². The second-order valence-corrected chi connectivity index (χ2v) is 4.32. The van der Waals surface area contributed by atoms with Crippen LogP contribution in [-0.4, -0.2) is 21.1 Å². The summed E-state index contributed by atoms with van der Waals surface area (Å²) in [5.41, 5.74) is 7.18. The lowest BCUT2D eigenvalue weighted by Crippen LogP contribution is -2.27. The SMILES string of the molecule is CCc1[nH]nc(C(=O)NC(C)c2ncc(C)o2)c1N. The molecule has 7 nitrogen and oxygen atoms in total. The molecule has 0 saturated carbocycles. The second-order valence-electron chi connectivity index (χ2n) is 4.32. The van der Waals surface area contributed by atoms with Crippen LogP contribution in [0.15, 0.2) is 10.6 Å². The Balaban J connectivity index is 2.10. The maximum atomic E-state index is 12.0. The highest BCUT2D eigenvalue weighted by Crippen LogP contribution is 2.17. The Morgan fingerprint density at radius 3 is 2.89 bits per heavy atom. The van der Waals surface area contributed by atoms with Crippen LogP contribution in [0.2, 0.25) is 0 Å². The van der Waals surface area contributed by atoms with Crippen LogP contribution in [0.5, 0.6) is 0 Å². The predicted molar refractivity (Wildman–Crippen MR) is 69.5 cm³/mol. The summed E-state index contributed by atoms with van der Waals surface area (Å²) in [7, 11) is 0. The average Bonchev–Trinajstić information content (AvgIpc) is 2.95. The predicted octanol–water partition coefficient (Wildman–Crippen LogP) is 1.34. The number of hydrogen-bond acceptors (Lipinski definition) is 5. The highest BCUT2D eigenvalue weighted by atomic mass is 16.4. The molecule has 2 aromatic heterocycles. The number of carbonyl (C=O) groups excluding carboxylic acids is 1. The van der Waals surface area contributed by atoms with Crippen LogP contribution >= 0.6 is 0 Å². The zero-order valence-corrected chi connectivity index (χ0v) is 11.2. The molecule has 0 spiro atoms. The van der Waals surface area contributed by atoms with E-state index in [9.17, 15) is 4.79 Å². The fourth-order valence-electron chi connectivity index (χ4n) is 1.73. The largest absolute Gasteiger partial charge is 0.444 e. The Hall–Kier alpha value is -2.31. The molecule has 0 radical (unpaired) electrons. The van der Waals surface area contributed by atoms with Gasteiger partial charge in [-0.05, 0) is 20.3 Å². The van der Waals surface area contributed by atoms with Crippen molar-refractivity contribution in [2.24, 2.45) is 0 Å². The first-order chi connectivity index (χ1) is 9.02. The number of carbonyl (C=O) groups is 1. The summed E-state index contributed by atoms with van der Waals surface area (Å²) >= 11 is 0. The van der Waals surface area contributed by atoms with E-state index in [1.54, 1.807) is 20.0 Å². The number of aromatic nitrogens is 3. The van der Waals surface area contributed by atoms with Gasteiger partial charge in [-0.2, -0.15) is 5.10 Å². The minimum atomic E-state index is -0.350. The molecule has 0 aliphatic heterocycles. The molecule has 2 rings (SSSR count). The summed E-state index contributed by atoms with van der Waals surface area (Å²) in [6.45, 7) is 5.51. The second kappa shape index (κ2) is 5.13. The van der Waals surface area contributed by atoms with E-state index in [0.717, 1.165) is 5.69 Å². The first kappa shape index (κ1) is 13.1. The number of nitrogens with two attached hydrogens (primary N) is 1. The Labute approximate surface area is 110 Å². The lowest BCUT2D eigenvalue weighted by atomic mass is 10.2. The molecule has 7 heteroatoms. The van der Waals surface area contributed by atoms with Gasteiger partial charge in [0, 0.05) is 0 Å². The van der Waals surface area contributed by atoms with E-state index in [1.807, 2.05) is 6.92 Å². The van der Waals surface area contributed by atoms with E-state index < -0.39 is 0 Å². The van der Waals surface area contributed by atoms with E-state index in [2.05, 4.69) is 20.5 Å². The molecule has 19 heavy (non-hydrogen) atoms. The molecule has 1 atom stereocenters. The maximum absolute atomic E-state index is 12.0. The van der Waals surface area contributed by atoms with E-state index in [-0.39, 0.29) is 17.6 Å². The number of nitrogen functional groups attached to an aromatic ring is 1. The van der Waals surface area contributed by atoms with Crippen molar-refractivity contribution in [3.8, 4) is 0 Å². The highest BCUT2D eigenvalue weighted by molar-refractivity contribution is 5.97. The molecule has 102 valence electrons. The summed E-state index contributed by atoms with van der Waals surface area (Å²) in [4.78, 5) is 16.1. The zero-order valence-electron chi connectivity index (χ0n) is 11.2. The maximum Gasteiger partial charge on any atom is 0.274 e. The third-order valence-electron chi connectivity index (χ3n) is 2.81. The lowest BCUT2D eigenvalue weighted by Gasteiger charge is -2.09. The summed E-state index contributed by atoms with van der Waals surface area (Å²) < 4.78 is 5.35. The fraction of sp³-hybridized carbons (Fsp3) is 0.417. The van der Waals surface area contributed by atoms with Crippen LogP contribution in [-0.2, 0) is 6.42 Å². The van der Waals surface area contributed by atoms with Gasteiger partial charge in [0.15, 0.2) is 5.69 Å². The van der Waals surface area contributed by atoms with Crippen molar-refractivity contribution in [1.82, 2.24) is 20.5 Å². The van der Waals surface area contributed by atoms with E-state index >= 15 is 0 Å². The number of hydrogen-bond donors (Lipinski definition) is 3. The van der Waals surface area contributed by atoms with Crippen molar-refractivity contribution in [2.75, 3.05) is 5.73 Å². The third-order valence-corrected chi connectivity index (χ3v) is 2.81. The van der Waals surface area contributed by atoms with Gasteiger partial charge < -0.3 is 15.5 Å². The van der Waals surface area contributed by atoms with E-state index in [0.29, 0.717) is 23.8 Å². The molecular formula is C12H17N5O2. The number of amides is 1. The van der Waals surface area contributed by atoms with Gasteiger partial charge in [0.05, 0.1) is 17.6 Å². The molecule has 2 heterocycles. The minimum absolute atomic E-state index is 0.201. The monoisotopic (exact) mass is 263 g/mol. The van der Waals surface area contributed by atoms with Gasteiger partial charge in [-0.25, -0.2) is 4.98 Å². The topological polar surface area (TPSA) is 110 Å². The molecule has 2 aromatic rings. The smallest absolute Gasteiger partial charge is 0.274 e. The number of H-pyrrole nitrogens is 1. The summed E-state index contributed by atoms with van der Waals surface area (Å²) in [6, 6.07) is -0.345. The fourth-order valence-corrected chi connectivity index (χ4v) is 1.73. The van der Waals surface area contributed by atoms with Crippen molar-refractivity contribution in [1.29, 1.82) is 0 Å². The number of aromatic amines is 1. The van der Waals surface area contributed by atoms with E-state index in [1.165, 1.54) is 0 Å². The van der Waals surface area contributed by atoms with Gasteiger partial charge in [0.25, 0.3) is 5.91 Å². The molecule has 0 aromatic carbocycles. The third kappa shape index (κ3) is 2.59. The van der Waals surface area contributed by atoms with E-state index in [4.69, 9.17) is 10.2 Å². The number of anilines is 1. The van der Waals surface area contributed by atoms with Crippen LogP contribution in [0.1, 0.15) is 47.7 Å². The zero-order chi connectivity index (χ0) is 14.0. The van der Waals surface area contributed by atoms with Gasteiger partial charge in [-0.15, -0.1) is 0 Å². The number of nitrogens with one attached hydrogen (secondary N) is 2. The molecule has 4 N–H and O–H groups in total. The van der Waals surface area contributed by atoms with Crippen LogP contribution in [0.25, 0.3) is 0 Å². The molecule has 0 bridgehead atoms. The molecule has 1 amide bonds. The standard InChI is InChI=1S/C12H17N5O2/c1-4-8-9(13)10(17-16-8)11(18)15-7(3)12-14-5-6(2)19-12/h5,7H,4,13H2,1-3H3,(H,15,18)(H,16,17). The van der Waals surface area contributed by atoms with Crippen molar-refractivity contribution in [3.05, 3.63) is 29.2 Å². The molecule has 0 aliphatic rings. The average molecular weight is 263 g/mol. The minimum Gasteiger partial charge on any atom is -0.444 e. The van der Waals surface area contributed by atoms with Crippen LogP contribution in [0.4, 0.5) is 5.69 Å². The lowest BCUT2D eigenvalue weighted by molar-refractivity contribution is 0.0929. The first-order valence-electron chi connectivity index (χ1n) is 6.08. The number of rotatable bonds is 4. The van der Waals surface area contributed by atoms with Crippen LogP contribution < -0.4 is 11.1 Å². The number of nitrogens with zero attached hydrogens (tertiary/aromatic N) is 2. The Morgan fingerprint density at radius 1 is 1.63 bits per heavy atom. The Kier molecular flexibility index (Phi) is 3.55. The molecule has 1 unspecified atom stereocenters. The highest BCUT2D eigenvalue weighted by Gasteiger charge is 2.20. The van der Waals surface area contributed by atoms with Crippen molar-refractivity contribution in [3.63, 3.8) is 0 Å². The molecule has 0 fully saturated rings. The molecular weight excluding hydrogens is 246 g/mol. The molecule has 0 saturated heterocycles. The summed E-state index contributed by atoms with van der Waals surface area (Å²) in [5.74, 6) is 0.802. The Bertz CT molecular complexity index is 587. The molecule has 0 aliphatic carbocycles.